The maximum absolute atomic E-state index is 13.1. The van der Waals surface area contributed by atoms with Crippen LogP contribution in [-0.2, 0) is 9.53 Å². The molecule has 4 aliphatic rings. The maximum atomic E-state index is 13.1. The highest BCUT2D eigenvalue weighted by molar-refractivity contribution is 5.80. The van der Waals surface area contributed by atoms with Gasteiger partial charge in [-0.05, 0) is 68.7 Å². The first-order chi connectivity index (χ1) is 10.2. The number of hydrogen-bond donors (Lipinski definition) is 1. The predicted octanol–water partition coefficient (Wildman–Crippen LogP) is 1.88. The topological polar surface area (TPSA) is 55.6 Å². The summed E-state index contributed by atoms with van der Waals surface area (Å²) in [4.78, 5) is 15.1. The lowest BCUT2D eigenvalue weighted by Crippen LogP contribution is -2.52. The lowest BCUT2D eigenvalue weighted by Gasteiger charge is -2.54. The van der Waals surface area contributed by atoms with Gasteiger partial charge >= 0.3 is 0 Å². The Morgan fingerprint density at radius 3 is 2.24 bits per heavy atom. The molecule has 0 radical (unpaired) electrons. The molecule has 4 aliphatic carbocycles. The average molecular weight is 294 g/mol. The second kappa shape index (κ2) is 6.66. The van der Waals surface area contributed by atoms with E-state index in [-0.39, 0.29) is 0 Å². The molecule has 0 aromatic carbocycles. The van der Waals surface area contributed by atoms with E-state index in [1.54, 1.807) is 7.11 Å². The molecule has 120 valence electrons. The average Bonchev–Trinajstić information content (AvgIpc) is 2.46. The highest BCUT2D eigenvalue weighted by atomic mass is 16.5. The van der Waals surface area contributed by atoms with Crippen LogP contribution in [-0.4, -0.2) is 44.2 Å². The van der Waals surface area contributed by atoms with Crippen molar-refractivity contribution in [1.82, 2.24) is 4.90 Å². The van der Waals surface area contributed by atoms with E-state index in [9.17, 15) is 4.79 Å². The van der Waals surface area contributed by atoms with Crippen molar-refractivity contribution in [2.24, 2.45) is 35.3 Å². The van der Waals surface area contributed by atoms with Crippen LogP contribution in [0.4, 0.5) is 0 Å². The van der Waals surface area contributed by atoms with Crippen LogP contribution in [0, 0.1) is 29.6 Å². The number of methoxy groups -OCH3 is 1. The van der Waals surface area contributed by atoms with Crippen molar-refractivity contribution >= 4 is 5.91 Å². The summed E-state index contributed by atoms with van der Waals surface area (Å²) in [5.41, 5.74) is 5.63. The van der Waals surface area contributed by atoms with Crippen molar-refractivity contribution in [3.05, 3.63) is 0 Å². The normalized spacial score (nSPS) is 37.0. The Morgan fingerprint density at radius 2 is 1.71 bits per heavy atom. The van der Waals surface area contributed by atoms with Gasteiger partial charge in [0.15, 0.2) is 0 Å². The van der Waals surface area contributed by atoms with Gasteiger partial charge in [-0.1, -0.05) is 0 Å². The van der Waals surface area contributed by atoms with E-state index >= 15 is 0 Å². The third-order valence-corrected chi connectivity index (χ3v) is 6.02. The summed E-state index contributed by atoms with van der Waals surface area (Å²) in [5, 5.41) is 0. The Hall–Kier alpha value is -0.610. The summed E-state index contributed by atoms with van der Waals surface area (Å²) >= 11 is 0. The van der Waals surface area contributed by atoms with Crippen molar-refractivity contribution in [2.45, 2.75) is 38.5 Å². The molecule has 1 amide bonds. The third-order valence-electron chi connectivity index (χ3n) is 6.02. The number of ether oxygens (including phenoxy) is 1. The fourth-order valence-corrected chi connectivity index (χ4v) is 5.36. The van der Waals surface area contributed by atoms with Crippen LogP contribution in [0.15, 0.2) is 0 Å². The summed E-state index contributed by atoms with van der Waals surface area (Å²) in [6.07, 6.45) is 7.55. The van der Waals surface area contributed by atoms with Crippen molar-refractivity contribution < 1.29 is 9.53 Å². The molecule has 0 spiro atoms. The summed E-state index contributed by atoms with van der Waals surface area (Å²) in [7, 11) is 1.70. The minimum absolute atomic E-state index is 0.299. The number of hydrogen-bond acceptors (Lipinski definition) is 3. The summed E-state index contributed by atoms with van der Waals surface area (Å²) < 4.78 is 5.18. The fraction of sp³-hybridized carbons (Fsp3) is 0.941. The summed E-state index contributed by atoms with van der Waals surface area (Å²) in [6.45, 7) is 2.79. The van der Waals surface area contributed by atoms with Gasteiger partial charge in [-0.2, -0.15) is 0 Å². The molecule has 0 unspecified atom stereocenters. The van der Waals surface area contributed by atoms with Crippen LogP contribution in [0.2, 0.25) is 0 Å². The SMILES string of the molecule is COCCN(CCCN)C(=O)C1C2CC3CC(C2)CC1C3. The standard InChI is InChI=1S/C17H30N2O2/c1-21-6-5-19(4-2-3-18)17(20)16-14-8-12-7-13(10-14)11-15(16)9-12/h12-16H,2-11,18H2,1H3. The minimum atomic E-state index is 0.299. The van der Waals surface area contributed by atoms with Crippen molar-refractivity contribution in [1.29, 1.82) is 0 Å². The van der Waals surface area contributed by atoms with Gasteiger partial charge in [0.05, 0.1) is 6.61 Å². The minimum Gasteiger partial charge on any atom is -0.383 e. The van der Waals surface area contributed by atoms with Crippen LogP contribution < -0.4 is 5.73 Å². The van der Waals surface area contributed by atoms with Crippen LogP contribution >= 0.6 is 0 Å². The van der Waals surface area contributed by atoms with E-state index in [0.717, 1.165) is 31.3 Å². The monoisotopic (exact) mass is 294 g/mol. The molecule has 4 saturated carbocycles. The van der Waals surface area contributed by atoms with E-state index in [0.29, 0.717) is 36.8 Å². The number of carbonyl (C=O) groups excluding carboxylic acids is 1. The van der Waals surface area contributed by atoms with Gasteiger partial charge < -0.3 is 15.4 Å². The first-order valence-corrected chi connectivity index (χ1v) is 8.70. The molecule has 2 N–H and O–H groups in total. The second-order valence-electron chi connectivity index (χ2n) is 7.42. The lowest BCUT2D eigenvalue weighted by molar-refractivity contribution is -0.149. The largest absolute Gasteiger partial charge is 0.383 e. The quantitative estimate of drug-likeness (QED) is 0.780. The zero-order chi connectivity index (χ0) is 14.8. The van der Waals surface area contributed by atoms with E-state index in [4.69, 9.17) is 10.5 Å². The molecular weight excluding hydrogens is 264 g/mol. The third kappa shape index (κ3) is 3.11. The van der Waals surface area contributed by atoms with Gasteiger partial charge in [0, 0.05) is 26.1 Å². The summed E-state index contributed by atoms with van der Waals surface area (Å²) in [5.74, 6) is 3.87. The zero-order valence-corrected chi connectivity index (χ0v) is 13.3. The Balaban J connectivity index is 1.67. The van der Waals surface area contributed by atoms with E-state index < -0.39 is 0 Å². The van der Waals surface area contributed by atoms with Crippen molar-refractivity contribution in [3.63, 3.8) is 0 Å². The van der Waals surface area contributed by atoms with Gasteiger partial charge in [0.1, 0.15) is 0 Å². The highest BCUT2D eigenvalue weighted by Crippen LogP contribution is 2.56. The molecule has 4 bridgehead atoms. The molecule has 4 fully saturated rings. The molecule has 4 nitrogen and oxygen atoms in total. The molecule has 4 rings (SSSR count). The number of carbonyl (C=O) groups is 1. The number of rotatable bonds is 7. The van der Waals surface area contributed by atoms with Crippen LogP contribution in [0.5, 0.6) is 0 Å². The van der Waals surface area contributed by atoms with Gasteiger partial charge in [0.25, 0.3) is 0 Å². The second-order valence-corrected chi connectivity index (χ2v) is 7.42. The van der Waals surface area contributed by atoms with Crippen LogP contribution in [0.3, 0.4) is 0 Å². The Bertz CT molecular complexity index is 336. The Morgan fingerprint density at radius 1 is 1.10 bits per heavy atom. The molecule has 0 saturated heterocycles. The first-order valence-electron chi connectivity index (χ1n) is 8.70. The smallest absolute Gasteiger partial charge is 0.226 e. The lowest BCUT2D eigenvalue weighted by atomic mass is 9.51. The molecule has 21 heavy (non-hydrogen) atoms. The van der Waals surface area contributed by atoms with E-state index in [1.807, 2.05) is 4.90 Å². The van der Waals surface area contributed by atoms with Gasteiger partial charge in [-0.25, -0.2) is 0 Å². The summed E-state index contributed by atoms with van der Waals surface area (Å²) in [6, 6.07) is 0. The Kier molecular flexibility index (Phi) is 4.85. The molecule has 0 heterocycles. The van der Waals surface area contributed by atoms with Crippen LogP contribution in [0.25, 0.3) is 0 Å². The molecule has 0 aliphatic heterocycles. The maximum Gasteiger partial charge on any atom is 0.226 e. The Labute approximate surface area is 128 Å². The zero-order valence-electron chi connectivity index (χ0n) is 13.3. The van der Waals surface area contributed by atoms with Crippen molar-refractivity contribution in [3.8, 4) is 0 Å². The molecule has 0 aromatic heterocycles. The number of nitrogens with two attached hydrogens (primary N) is 1. The van der Waals surface area contributed by atoms with Crippen LogP contribution in [0.1, 0.15) is 38.5 Å². The molecular formula is C17H30N2O2. The van der Waals surface area contributed by atoms with Gasteiger partial charge in [-0.3, -0.25) is 4.79 Å². The first kappa shape index (κ1) is 15.3. The number of amides is 1. The van der Waals surface area contributed by atoms with Gasteiger partial charge in [0.2, 0.25) is 5.91 Å². The predicted molar refractivity (Wildman–Crippen MR) is 82.7 cm³/mol. The van der Waals surface area contributed by atoms with E-state index in [2.05, 4.69) is 0 Å². The van der Waals surface area contributed by atoms with E-state index in [1.165, 1.54) is 32.1 Å². The highest BCUT2D eigenvalue weighted by Gasteiger charge is 2.51. The van der Waals surface area contributed by atoms with Gasteiger partial charge in [-0.15, -0.1) is 0 Å². The fourth-order valence-electron chi connectivity index (χ4n) is 5.36. The number of nitrogens with zero attached hydrogens (tertiary/aromatic N) is 1. The van der Waals surface area contributed by atoms with Crippen molar-refractivity contribution in [2.75, 3.05) is 33.4 Å². The molecule has 0 atom stereocenters. The molecule has 4 heteroatoms. The molecule has 0 aromatic rings.